The van der Waals surface area contributed by atoms with Gasteiger partial charge in [-0.15, -0.1) is 11.8 Å². The molecule has 1 aromatic rings. The first-order chi connectivity index (χ1) is 10.1. The van der Waals surface area contributed by atoms with Crippen LogP contribution in [0.25, 0.3) is 6.08 Å². The molecule has 1 aromatic carbocycles. The molecule has 0 heterocycles. The number of rotatable bonds is 6. The van der Waals surface area contributed by atoms with Crippen molar-refractivity contribution in [2.45, 2.75) is 11.8 Å². The lowest BCUT2D eigenvalue weighted by atomic mass is 10.1. The van der Waals surface area contributed by atoms with Gasteiger partial charge in [0, 0.05) is 17.7 Å². The van der Waals surface area contributed by atoms with Gasteiger partial charge in [-0.2, -0.15) is 0 Å². The number of esters is 1. The summed E-state index contributed by atoms with van der Waals surface area (Å²) >= 11 is 1.66. The molecule has 0 atom stereocenters. The fourth-order valence-corrected chi connectivity index (χ4v) is 1.90. The first-order valence-electron chi connectivity index (χ1n) is 6.45. The summed E-state index contributed by atoms with van der Waals surface area (Å²) in [6, 6.07) is 7.86. The van der Waals surface area contributed by atoms with Gasteiger partial charge < -0.3 is 9.84 Å². The number of aliphatic hydroxyl groups excluding tert-OH is 1. The number of aliphatic imine (C=N–C) groups is 1. The highest BCUT2D eigenvalue weighted by atomic mass is 32.2. The molecule has 5 heteroatoms. The van der Waals surface area contributed by atoms with Crippen molar-refractivity contribution in [2.24, 2.45) is 4.99 Å². The van der Waals surface area contributed by atoms with Gasteiger partial charge in [-0.25, -0.2) is 4.79 Å². The monoisotopic (exact) mass is 305 g/mol. The number of hydrogen-bond donors (Lipinski definition) is 1. The first kappa shape index (κ1) is 17.0. The summed E-state index contributed by atoms with van der Waals surface area (Å²) < 4.78 is 4.63. The molecule has 21 heavy (non-hydrogen) atoms. The molecule has 4 nitrogen and oxygen atoms in total. The van der Waals surface area contributed by atoms with E-state index < -0.39 is 5.97 Å². The van der Waals surface area contributed by atoms with Crippen LogP contribution in [0.5, 0.6) is 0 Å². The molecule has 0 aliphatic carbocycles. The number of nitrogens with zero attached hydrogens (tertiary/aromatic N) is 1. The number of methoxy groups -OCH3 is 1. The zero-order valence-corrected chi connectivity index (χ0v) is 13.2. The van der Waals surface area contributed by atoms with E-state index in [0.717, 1.165) is 10.5 Å². The second-order valence-electron chi connectivity index (χ2n) is 4.02. The Labute approximate surface area is 129 Å². The van der Waals surface area contributed by atoms with Crippen molar-refractivity contribution in [3.05, 3.63) is 47.2 Å². The molecule has 0 fully saturated rings. The van der Waals surface area contributed by atoms with Gasteiger partial charge in [0.1, 0.15) is 11.3 Å². The van der Waals surface area contributed by atoms with E-state index in [9.17, 15) is 9.90 Å². The van der Waals surface area contributed by atoms with Gasteiger partial charge >= 0.3 is 5.97 Å². The maximum absolute atomic E-state index is 11.6. The lowest BCUT2D eigenvalue weighted by Crippen LogP contribution is -2.08. The Hall–Kier alpha value is -2.01. The number of allylic oxidation sites excluding steroid dienone is 1. The van der Waals surface area contributed by atoms with Gasteiger partial charge in [0.05, 0.1) is 7.11 Å². The minimum Gasteiger partial charge on any atom is -0.507 e. The maximum Gasteiger partial charge on any atom is 0.343 e. The van der Waals surface area contributed by atoms with Gasteiger partial charge in [0.25, 0.3) is 0 Å². The lowest BCUT2D eigenvalue weighted by Gasteiger charge is -2.02. The Morgan fingerprint density at radius 2 is 2.05 bits per heavy atom. The number of thioether (sulfide) groups is 1. The molecule has 1 N–H and O–H groups in total. The number of aliphatic hydroxyl groups is 1. The zero-order chi connectivity index (χ0) is 15.7. The summed E-state index contributed by atoms with van der Waals surface area (Å²) in [5.41, 5.74) is 0.965. The molecule has 0 saturated heterocycles. The average molecular weight is 305 g/mol. The van der Waals surface area contributed by atoms with Crippen LogP contribution < -0.4 is 0 Å². The third-order valence-corrected chi connectivity index (χ3v) is 3.38. The van der Waals surface area contributed by atoms with Crippen LogP contribution in [-0.4, -0.2) is 37.2 Å². The molecule has 0 saturated carbocycles. The zero-order valence-electron chi connectivity index (χ0n) is 12.4. The van der Waals surface area contributed by atoms with Gasteiger partial charge in [-0.1, -0.05) is 18.2 Å². The number of hydrogen-bond acceptors (Lipinski definition) is 5. The fraction of sp³-hybridized carbons (Fsp3) is 0.250. The third-order valence-electron chi connectivity index (χ3n) is 2.63. The van der Waals surface area contributed by atoms with Crippen LogP contribution in [0.3, 0.4) is 0 Å². The SMILES string of the molecule is CCN=CC(C(=O)OC)=C(O)C=Cc1ccc(SC)cc1. The molecule has 112 valence electrons. The van der Waals surface area contributed by atoms with Crippen molar-refractivity contribution in [3.8, 4) is 0 Å². The minimum absolute atomic E-state index is 0.0383. The van der Waals surface area contributed by atoms with E-state index in [4.69, 9.17) is 0 Å². The molecular formula is C16H19NO3S. The Morgan fingerprint density at radius 3 is 2.57 bits per heavy atom. The smallest absolute Gasteiger partial charge is 0.343 e. The van der Waals surface area contributed by atoms with Crippen LogP contribution >= 0.6 is 11.8 Å². The van der Waals surface area contributed by atoms with Crippen LogP contribution in [0, 0.1) is 0 Å². The quantitative estimate of drug-likeness (QED) is 0.218. The molecule has 0 spiro atoms. The predicted molar refractivity (Wildman–Crippen MR) is 88.0 cm³/mol. The summed E-state index contributed by atoms with van der Waals surface area (Å²) in [6.45, 7) is 2.36. The van der Waals surface area contributed by atoms with Crippen molar-refractivity contribution < 1.29 is 14.6 Å². The van der Waals surface area contributed by atoms with Crippen LogP contribution in [0.1, 0.15) is 12.5 Å². The molecule has 0 aliphatic rings. The van der Waals surface area contributed by atoms with Crippen molar-refractivity contribution >= 4 is 30.0 Å². The molecule has 0 radical (unpaired) electrons. The van der Waals surface area contributed by atoms with Crippen molar-refractivity contribution in [3.63, 3.8) is 0 Å². The average Bonchev–Trinajstić information content (AvgIpc) is 2.53. The Kier molecular flexibility index (Phi) is 7.32. The van der Waals surface area contributed by atoms with E-state index >= 15 is 0 Å². The standard InChI is InChI=1S/C16H19NO3S/c1-4-17-11-14(16(19)20-2)15(18)10-7-12-5-8-13(21-3)9-6-12/h5-11,18H,4H2,1-3H3. The minimum atomic E-state index is -0.618. The Bertz CT molecular complexity index is 559. The summed E-state index contributed by atoms with van der Waals surface area (Å²) in [4.78, 5) is 16.7. The van der Waals surface area contributed by atoms with Gasteiger partial charge in [0.15, 0.2) is 0 Å². The number of carbonyl (C=O) groups excluding carboxylic acids is 1. The van der Waals surface area contributed by atoms with E-state index in [2.05, 4.69) is 9.73 Å². The highest BCUT2D eigenvalue weighted by molar-refractivity contribution is 7.98. The van der Waals surface area contributed by atoms with E-state index in [1.165, 1.54) is 19.4 Å². The topological polar surface area (TPSA) is 58.9 Å². The summed E-state index contributed by atoms with van der Waals surface area (Å²) in [5.74, 6) is -0.792. The third kappa shape index (κ3) is 5.47. The van der Waals surface area contributed by atoms with E-state index in [0.29, 0.717) is 6.54 Å². The maximum atomic E-state index is 11.6. The van der Waals surface area contributed by atoms with Gasteiger partial charge in [-0.3, -0.25) is 4.99 Å². The number of ether oxygens (including phenoxy) is 1. The molecule has 0 aliphatic heterocycles. The summed E-state index contributed by atoms with van der Waals surface area (Å²) in [5, 5.41) is 10.00. The molecule has 0 amide bonds. The fourth-order valence-electron chi connectivity index (χ4n) is 1.50. The number of benzene rings is 1. The molecule has 0 unspecified atom stereocenters. The highest BCUT2D eigenvalue weighted by Crippen LogP contribution is 2.16. The number of carbonyl (C=O) groups is 1. The van der Waals surface area contributed by atoms with Crippen molar-refractivity contribution in [1.82, 2.24) is 0 Å². The summed E-state index contributed by atoms with van der Waals surface area (Å²) in [7, 11) is 1.26. The van der Waals surface area contributed by atoms with Crippen LogP contribution in [0.15, 0.2) is 51.6 Å². The highest BCUT2D eigenvalue weighted by Gasteiger charge is 2.11. The second kappa shape index (κ2) is 9.02. The van der Waals surface area contributed by atoms with Crippen LogP contribution in [0.4, 0.5) is 0 Å². The Morgan fingerprint density at radius 1 is 1.38 bits per heavy atom. The second-order valence-corrected chi connectivity index (χ2v) is 4.90. The van der Waals surface area contributed by atoms with Gasteiger partial charge in [0.2, 0.25) is 0 Å². The predicted octanol–water partition coefficient (Wildman–Crippen LogP) is 3.50. The lowest BCUT2D eigenvalue weighted by molar-refractivity contribution is -0.135. The van der Waals surface area contributed by atoms with E-state index in [-0.39, 0.29) is 11.3 Å². The molecular weight excluding hydrogens is 286 g/mol. The van der Waals surface area contributed by atoms with E-state index in [1.807, 2.05) is 37.4 Å². The largest absolute Gasteiger partial charge is 0.507 e. The van der Waals surface area contributed by atoms with E-state index in [1.54, 1.807) is 17.8 Å². The van der Waals surface area contributed by atoms with Crippen molar-refractivity contribution in [2.75, 3.05) is 19.9 Å². The molecule has 1 rings (SSSR count). The molecule has 0 aromatic heterocycles. The normalized spacial score (nSPS) is 12.7. The summed E-state index contributed by atoms with van der Waals surface area (Å²) in [6.07, 6.45) is 6.52. The first-order valence-corrected chi connectivity index (χ1v) is 7.68. The molecule has 0 bridgehead atoms. The van der Waals surface area contributed by atoms with Crippen LogP contribution in [-0.2, 0) is 9.53 Å². The van der Waals surface area contributed by atoms with Crippen LogP contribution in [0.2, 0.25) is 0 Å². The van der Waals surface area contributed by atoms with Gasteiger partial charge in [-0.05, 0) is 37.0 Å². The van der Waals surface area contributed by atoms with Crippen molar-refractivity contribution in [1.29, 1.82) is 0 Å². The Balaban J connectivity index is 2.98.